The maximum absolute atomic E-state index is 10.3. The van der Waals surface area contributed by atoms with Gasteiger partial charge in [-0.25, -0.2) is 0 Å². The first-order valence-corrected chi connectivity index (χ1v) is 7.71. The monoisotopic (exact) mass is 329 g/mol. The Morgan fingerprint density at radius 3 is 2.79 bits per heavy atom. The van der Waals surface area contributed by atoms with Crippen molar-refractivity contribution in [2.75, 3.05) is 13.1 Å². The Hall–Kier alpha value is -2.64. The molecule has 0 saturated carbocycles. The third kappa shape index (κ3) is 3.81. The van der Waals surface area contributed by atoms with E-state index in [-0.39, 0.29) is 5.75 Å². The number of aromatic nitrogens is 2. The van der Waals surface area contributed by atoms with Crippen molar-refractivity contribution < 1.29 is 19.0 Å². The molecule has 0 aliphatic heterocycles. The molecule has 0 saturated heterocycles. The van der Waals surface area contributed by atoms with Crippen LogP contribution in [0.4, 0.5) is 0 Å². The molecule has 2 N–H and O–H groups in total. The topological polar surface area (TPSA) is 95.8 Å². The molecular weight excluding hydrogens is 310 g/mol. The zero-order chi connectivity index (χ0) is 16.9. The van der Waals surface area contributed by atoms with E-state index in [0.29, 0.717) is 42.7 Å². The second kappa shape index (κ2) is 7.29. The molecule has 2 heterocycles. The summed E-state index contributed by atoms with van der Waals surface area (Å²) in [6.07, 6.45) is 0.827. The molecule has 7 heteroatoms. The van der Waals surface area contributed by atoms with Crippen molar-refractivity contribution in [2.24, 2.45) is 0 Å². The molecular formula is C17H19N3O4. The lowest BCUT2D eigenvalue weighted by molar-refractivity contribution is 0.107. The molecule has 126 valence electrons. The summed E-state index contributed by atoms with van der Waals surface area (Å²) in [5.41, 5.74) is 0.662. The van der Waals surface area contributed by atoms with Crippen LogP contribution in [0.5, 0.6) is 5.75 Å². The van der Waals surface area contributed by atoms with Gasteiger partial charge in [-0.05, 0) is 36.4 Å². The van der Waals surface area contributed by atoms with E-state index in [0.717, 1.165) is 0 Å². The third-order valence-electron chi connectivity index (χ3n) is 3.69. The van der Waals surface area contributed by atoms with Gasteiger partial charge in [0.05, 0.1) is 18.9 Å². The third-order valence-corrected chi connectivity index (χ3v) is 3.69. The van der Waals surface area contributed by atoms with Crippen LogP contribution in [0.1, 0.15) is 24.5 Å². The summed E-state index contributed by atoms with van der Waals surface area (Å²) < 4.78 is 10.8. The number of rotatable bonds is 7. The fourth-order valence-corrected chi connectivity index (χ4v) is 2.40. The van der Waals surface area contributed by atoms with Gasteiger partial charge in [0.1, 0.15) is 5.75 Å². The van der Waals surface area contributed by atoms with Crippen LogP contribution in [0.3, 0.4) is 0 Å². The number of aliphatic hydroxyl groups is 1. The first-order valence-electron chi connectivity index (χ1n) is 7.71. The largest absolute Gasteiger partial charge is 0.508 e. The normalized spacial score (nSPS) is 12.6. The van der Waals surface area contributed by atoms with Gasteiger partial charge in [-0.15, -0.1) is 10.2 Å². The zero-order valence-corrected chi connectivity index (χ0v) is 13.3. The van der Waals surface area contributed by atoms with Crippen LogP contribution < -0.4 is 0 Å². The fraction of sp³-hybridized carbons (Fsp3) is 0.294. The van der Waals surface area contributed by atoms with Gasteiger partial charge in [0, 0.05) is 6.54 Å². The lowest BCUT2D eigenvalue weighted by atomic mass is 10.1. The van der Waals surface area contributed by atoms with Crippen LogP contribution in [-0.2, 0) is 6.54 Å². The number of furan rings is 1. The molecule has 0 spiro atoms. The van der Waals surface area contributed by atoms with Crippen LogP contribution in [0.2, 0.25) is 0 Å². The highest BCUT2D eigenvalue weighted by Gasteiger charge is 2.17. The fourth-order valence-electron chi connectivity index (χ4n) is 2.40. The van der Waals surface area contributed by atoms with Crippen molar-refractivity contribution in [1.29, 1.82) is 0 Å². The van der Waals surface area contributed by atoms with Gasteiger partial charge in [-0.1, -0.05) is 19.1 Å². The van der Waals surface area contributed by atoms with Crippen molar-refractivity contribution in [3.8, 4) is 17.4 Å². The maximum Gasteiger partial charge on any atom is 0.283 e. The Bertz CT molecular complexity index is 770. The summed E-state index contributed by atoms with van der Waals surface area (Å²) >= 11 is 0. The molecule has 0 amide bonds. The molecule has 0 fully saturated rings. The van der Waals surface area contributed by atoms with Gasteiger partial charge >= 0.3 is 0 Å². The number of aromatic hydroxyl groups is 1. The Balaban J connectivity index is 1.64. The van der Waals surface area contributed by atoms with E-state index in [1.165, 1.54) is 0 Å². The number of phenols is 1. The smallest absolute Gasteiger partial charge is 0.283 e. The minimum Gasteiger partial charge on any atom is -0.508 e. The van der Waals surface area contributed by atoms with Gasteiger partial charge in [-0.2, -0.15) is 0 Å². The predicted molar refractivity (Wildman–Crippen MR) is 86.0 cm³/mol. The standard InChI is InChI=1S/C17H19N3O4/c1-2-20(10-14(22)12-5-3-6-13(21)9-12)11-16-18-19-17(24-16)15-7-4-8-23-15/h3-9,14,21-22H,2,10-11H2,1H3/t14-/m0/s1. The summed E-state index contributed by atoms with van der Waals surface area (Å²) in [6.45, 7) is 3.49. The van der Waals surface area contributed by atoms with Crippen LogP contribution in [0.25, 0.3) is 11.7 Å². The number of hydrogen-bond donors (Lipinski definition) is 2. The quantitative estimate of drug-likeness (QED) is 0.688. The summed E-state index contributed by atoms with van der Waals surface area (Å²) in [7, 11) is 0. The van der Waals surface area contributed by atoms with Crippen molar-refractivity contribution in [3.63, 3.8) is 0 Å². The maximum atomic E-state index is 10.3. The van der Waals surface area contributed by atoms with Crippen LogP contribution in [-0.4, -0.2) is 38.4 Å². The molecule has 3 aromatic rings. The van der Waals surface area contributed by atoms with Crippen molar-refractivity contribution in [2.45, 2.75) is 19.6 Å². The molecule has 0 radical (unpaired) electrons. The summed E-state index contributed by atoms with van der Waals surface area (Å²) in [6, 6.07) is 10.1. The van der Waals surface area contributed by atoms with Crippen LogP contribution >= 0.6 is 0 Å². The minimum atomic E-state index is -0.718. The average molecular weight is 329 g/mol. The van der Waals surface area contributed by atoms with Gasteiger partial charge in [-0.3, -0.25) is 4.90 Å². The molecule has 1 atom stereocenters. The second-order valence-electron chi connectivity index (χ2n) is 5.42. The van der Waals surface area contributed by atoms with Gasteiger partial charge in [0.2, 0.25) is 5.89 Å². The van der Waals surface area contributed by atoms with Crippen LogP contribution in [0, 0.1) is 0 Å². The van der Waals surface area contributed by atoms with E-state index < -0.39 is 6.10 Å². The molecule has 0 aliphatic rings. The summed E-state index contributed by atoms with van der Waals surface area (Å²) in [5.74, 6) is 1.44. The summed E-state index contributed by atoms with van der Waals surface area (Å²) in [4.78, 5) is 1.98. The lowest BCUT2D eigenvalue weighted by Gasteiger charge is -2.22. The zero-order valence-electron chi connectivity index (χ0n) is 13.3. The Morgan fingerprint density at radius 1 is 1.21 bits per heavy atom. The highest BCUT2D eigenvalue weighted by atomic mass is 16.4. The highest BCUT2D eigenvalue weighted by Crippen LogP contribution is 2.21. The molecule has 3 rings (SSSR count). The van der Waals surface area contributed by atoms with Gasteiger partial charge in [0.25, 0.3) is 5.89 Å². The van der Waals surface area contributed by atoms with Gasteiger partial charge < -0.3 is 19.0 Å². The first-order chi connectivity index (χ1) is 11.7. The number of hydrogen-bond acceptors (Lipinski definition) is 7. The molecule has 1 aromatic carbocycles. The van der Waals surface area contributed by atoms with Gasteiger partial charge in [0.15, 0.2) is 5.76 Å². The SMILES string of the molecule is CCN(Cc1nnc(-c2ccco2)o1)C[C@H](O)c1cccc(O)c1. The molecule has 24 heavy (non-hydrogen) atoms. The second-order valence-corrected chi connectivity index (χ2v) is 5.42. The van der Waals surface area contributed by atoms with E-state index in [9.17, 15) is 10.2 Å². The average Bonchev–Trinajstić information content (AvgIpc) is 3.25. The molecule has 2 aromatic heterocycles. The summed E-state index contributed by atoms with van der Waals surface area (Å²) in [5, 5.41) is 27.8. The number of likely N-dealkylation sites (N-methyl/N-ethyl adjacent to an activating group) is 1. The number of phenolic OH excluding ortho intramolecular Hbond substituents is 1. The number of nitrogens with zero attached hydrogens (tertiary/aromatic N) is 3. The van der Waals surface area contributed by atoms with E-state index in [2.05, 4.69) is 10.2 Å². The van der Waals surface area contributed by atoms with Crippen molar-refractivity contribution in [3.05, 3.63) is 54.1 Å². The van der Waals surface area contributed by atoms with E-state index in [1.807, 2.05) is 11.8 Å². The highest BCUT2D eigenvalue weighted by molar-refractivity contribution is 5.42. The Kier molecular flexibility index (Phi) is 4.93. The van der Waals surface area contributed by atoms with E-state index >= 15 is 0 Å². The van der Waals surface area contributed by atoms with Crippen molar-refractivity contribution >= 4 is 0 Å². The Labute approximate surface area is 139 Å². The molecule has 0 aliphatic carbocycles. The molecule has 0 bridgehead atoms. The molecule has 0 unspecified atom stereocenters. The lowest BCUT2D eigenvalue weighted by Crippen LogP contribution is -2.28. The van der Waals surface area contributed by atoms with Crippen LogP contribution in [0.15, 0.2) is 51.5 Å². The predicted octanol–water partition coefficient (Wildman–Crippen LogP) is 2.59. The number of aliphatic hydroxyl groups excluding tert-OH is 1. The van der Waals surface area contributed by atoms with Crippen molar-refractivity contribution in [1.82, 2.24) is 15.1 Å². The minimum absolute atomic E-state index is 0.134. The van der Waals surface area contributed by atoms with E-state index in [1.54, 1.807) is 42.7 Å². The van der Waals surface area contributed by atoms with E-state index in [4.69, 9.17) is 8.83 Å². The molecule has 7 nitrogen and oxygen atoms in total. The first kappa shape index (κ1) is 16.2. The Morgan fingerprint density at radius 2 is 2.08 bits per heavy atom. The number of benzene rings is 1.